The average Bonchev–Trinajstić information content (AvgIpc) is 3.14. The van der Waals surface area contributed by atoms with Crippen molar-refractivity contribution >= 4 is 21.9 Å². The Kier molecular flexibility index (Phi) is 2.46. The zero-order chi connectivity index (χ0) is 16.4. The van der Waals surface area contributed by atoms with Crippen LogP contribution in [0.5, 0.6) is 17.2 Å². The van der Waals surface area contributed by atoms with Gasteiger partial charge in [0.05, 0.1) is 24.9 Å². The molecule has 1 N–H and O–H groups in total. The lowest BCUT2D eigenvalue weighted by atomic mass is 9.97. The Morgan fingerprint density at radius 3 is 2.96 bits per heavy atom. The van der Waals surface area contributed by atoms with E-state index < -0.39 is 6.29 Å². The molecule has 0 spiro atoms. The largest absolute Gasteiger partial charge is 0.507 e. The van der Waals surface area contributed by atoms with Gasteiger partial charge in [-0.3, -0.25) is 4.79 Å². The minimum absolute atomic E-state index is 0.121. The molecular formula is C18H12O6. The molecule has 0 amide bonds. The first-order valence-electron chi connectivity index (χ1n) is 7.47. The summed E-state index contributed by atoms with van der Waals surface area (Å²) < 4.78 is 22.6. The van der Waals surface area contributed by atoms with E-state index in [1.54, 1.807) is 24.5 Å². The van der Waals surface area contributed by atoms with Crippen LogP contribution in [0.15, 0.2) is 45.8 Å². The van der Waals surface area contributed by atoms with Gasteiger partial charge in [-0.25, -0.2) is 0 Å². The Labute approximate surface area is 135 Å². The predicted molar refractivity (Wildman–Crippen MR) is 85.6 cm³/mol. The Bertz CT molecular complexity index is 1090. The number of methoxy groups -OCH3 is 1. The van der Waals surface area contributed by atoms with Crippen LogP contribution in [0.4, 0.5) is 0 Å². The van der Waals surface area contributed by atoms with Gasteiger partial charge in [0.2, 0.25) is 5.43 Å². The molecule has 2 aromatic carbocycles. The molecule has 0 radical (unpaired) electrons. The van der Waals surface area contributed by atoms with Crippen LogP contribution in [0, 0.1) is 0 Å². The van der Waals surface area contributed by atoms with E-state index in [4.69, 9.17) is 18.6 Å². The number of phenols is 1. The SMILES string of the molecule is COc1cc2c(c3oc4cccc(O)c4c(=O)c13)[C@@H]1C=CO[C@H]1O2. The lowest BCUT2D eigenvalue weighted by molar-refractivity contribution is -0.00484. The minimum Gasteiger partial charge on any atom is -0.507 e. The van der Waals surface area contributed by atoms with E-state index in [-0.39, 0.29) is 27.9 Å². The maximum absolute atomic E-state index is 13.0. The van der Waals surface area contributed by atoms with E-state index in [0.717, 1.165) is 5.56 Å². The number of rotatable bonds is 1. The zero-order valence-corrected chi connectivity index (χ0v) is 12.6. The van der Waals surface area contributed by atoms with Crippen LogP contribution in [-0.4, -0.2) is 18.5 Å². The molecular weight excluding hydrogens is 312 g/mol. The lowest BCUT2D eigenvalue weighted by Crippen LogP contribution is -2.14. The molecule has 0 fully saturated rings. The third-order valence-corrected chi connectivity index (χ3v) is 4.50. The topological polar surface area (TPSA) is 78.1 Å². The van der Waals surface area contributed by atoms with E-state index in [1.165, 1.54) is 13.2 Å². The molecule has 3 heterocycles. The van der Waals surface area contributed by atoms with Crippen LogP contribution in [0.25, 0.3) is 21.9 Å². The summed E-state index contributed by atoms with van der Waals surface area (Å²) in [7, 11) is 1.47. The number of fused-ring (bicyclic) bond motifs is 6. The second kappa shape index (κ2) is 4.44. The molecule has 5 rings (SSSR count). The molecule has 2 aliphatic rings. The van der Waals surface area contributed by atoms with Crippen molar-refractivity contribution in [2.75, 3.05) is 7.11 Å². The van der Waals surface area contributed by atoms with E-state index in [1.807, 2.05) is 6.08 Å². The quantitative estimate of drug-likeness (QED) is 0.693. The summed E-state index contributed by atoms with van der Waals surface area (Å²) in [5.74, 6) is 0.642. The fraction of sp³-hybridized carbons (Fsp3) is 0.167. The summed E-state index contributed by atoms with van der Waals surface area (Å²) in [6.45, 7) is 0. The van der Waals surface area contributed by atoms with Crippen LogP contribution in [0.1, 0.15) is 11.5 Å². The highest BCUT2D eigenvalue weighted by atomic mass is 16.7. The van der Waals surface area contributed by atoms with Gasteiger partial charge in [-0.05, 0) is 18.2 Å². The molecule has 2 aliphatic heterocycles. The Balaban J connectivity index is 2.00. The van der Waals surface area contributed by atoms with Crippen LogP contribution >= 0.6 is 0 Å². The van der Waals surface area contributed by atoms with Crippen molar-refractivity contribution in [3.63, 3.8) is 0 Å². The first kappa shape index (κ1) is 13.3. The summed E-state index contributed by atoms with van der Waals surface area (Å²) in [4.78, 5) is 13.0. The standard InChI is InChI=1S/C18H12O6/c1-21-11-7-12-13(8-5-6-22-18(8)24-12)17-15(11)16(20)14-9(19)3-2-4-10(14)23-17/h2-8,18-19H,1H3/t8-,18-/m0/s1. The number of phenolic OH excluding ortho intramolecular Hbond substituents is 1. The summed E-state index contributed by atoms with van der Waals surface area (Å²) in [6, 6.07) is 6.40. The molecule has 1 aromatic heterocycles. The second-order valence-electron chi connectivity index (χ2n) is 5.75. The highest BCUT2D eigenvalue weighted by molar-refractivity contribution is 5.98. The molecule has 0 aliphatic carbocycles. The normalized spacial score (nSPS) is 20.7. The molecule has 2 atom stereocenters. The van der Waals surface area contributed by atoms with Crippen molar-refractivity contribution in [1.29, 1.82) is 0 Å². The van der Waals surface area contributed by atoms with Gasteiger partial charge in [0.15, 0.2) is 0 Å². The molecule has 120 valence electrons. The average molecular weight is 324 g/mol. The monoisotopic (exact) mass is 324 g/mol. The van der Waals surface area contributed by atoms with Crippen LogP contribution in [0.3, 0.4) is 0 Å². The molecule has 24 heavy (non-hydrogen) atoms. The predicted octanol–water partition coefficient (Wildman–Crippen LogP) is 3.01. The summed E-state index contributed by atoms with van der Waals surface area (Å²) in [5, 5.41) is 10.5. The first-order valence-corrected chi connectivity index (χ1v) is 7.47. The minimum atomic E-state index is -0.458. The highest BCUT2D eigenvalue weighted by Gasteiger charge is 2.40. The Morgan fingerprint density at radius 2 is 2.12 bits per heavy atom. The van der Waals surface area contributed by atoms with Crippen molar-refractivity contribution in [3.05, 3.63) is 52.4 Å². The van der Waals surface area contributed by atoms with Crippen LogP contribution < -0.4 is 14.9 Å². The first-order chi connectivity index (χ1) is 11.7. The van der Waals surface area contributed by atoms with E-state index in [9.17, 15) is 9.90 Å². The second-order valence-corrected chi connectivity index (χ2v) is 5.75. The molecule has 0 bridgehead atoms. The third kappa shape index (κ3) is 1.52. The van der Waals surface area contributed by atoms with Gasteiger partial charge in [0, 0.05) is 6.07 Å². The smallest absolute Gasteiger partial charge is 0.250 e. The van der Waals surface area contributed by atoms with Gasteiger partial charge in [0.1, 0.15) is 39.2 Å². The van der Waals surface area contributed by atoms with Gasteiger partial charge < -0.3 is 23.7 Å². The maximum Gasteiger partial charge on any atom is 0.250 e. The van der Waals surface area contributed by atoms with Gasteiger partial charge >= 0.3 is 0 Å². The molecule has 6 heteroatoms. The number of hydrogen-bond acceptors (Lipinski definition) is 6. The summed E-state index contributed by atoms with van der Waals surface area (Å²) in [5.41, 5.74) is 1.13. The number of ether oxygens (including phenoxy) is 3. The summed E-state index contributed by atoms with van der Waals surface area (Å²) >= 11 is 0. The Hall–Kier alpha value is -3.15. The number of benzene rings is 2. The van der Waals surface area contributed by atoms with Crippen LogP contribution in [-0.2, 0) is 4.74 Å². The van der Waals surface area contributed by atoms with Crippen molar-refractivity contribution in [2.45, 2.75) is 12.2 Å². The van der Waals surface area contributed by atoms with Gasteiger partial charge in [-0.1, -0.05) is 6.07 Å². The number of aromatic hydroxyl groups is 1. The fourth-order valence-electron chi connectivity index (χ4n) is 3.43. The van der Waals surface area contributed by atoms with Crippen molar-refractivity contribution < 1.29 is 23.7 Å². The van der Waals surface area contributed by atoms with Gasteiger partial charge in [-0.2, -0.15) is 0 Å². The fourth-order valence-corrected chi connectivity index (χ4v) is 3.43. The molecule has 0 saturated carbocycles. The molecule has 6 nitrogen and oxygen atoms in total. The molecule has 0 unspecified atom stereocenters. The third-order valence-electron chi connectivity index (χ3n) is 4.50. The summed E-state index contributed by atoms with van der Waals surface area (Å²) in [6.07, 6.45) is 2.99. The van der Waals surface area contributed by atoms with E-state index in [2.05, 4.69) is 0 Å². The van der Waals surface area contributed by atoms with Crippen molar-refractivity contribution in [2.24, 2.45) is 0 Å². The van der Waals surface area contributed by atoms with Crippen molar-refractivity contribution in [1.82, 2.24) is 0 Å². The highest BCUT2D eigenvalue weighted by Crippen LogP contribution is 2.48. The number of hydrogen-bond donors (Lipinski definition) is 1. The van der Waals surface area contributed by atoms with Gasteiger partial charge in [-0.15, -0.1) is 0 Å². The maximum atomic E-state index is 13.0. The zero-order valence-electron chi connectivity index (χ0n) is 12.6. The lowest BCUT2D eigenvalue weighted by Gasteiger charge is -2.11. The molecule has 0 saturated heterocycles. The molecule has 3 aromatic rings. The Morgan fingerprint density at radius 1 is 1.25 bits per heavy atom. The van der Waals surface area contributed by atoms with E-state index in [0.29, 0.717) is 22.7 Å². The van der Waals surface area contributed by atoms with Crippen LogP contribution in [0.2, 0.25) is 0 Å². The van der Waals surface area contributed by atoms with Gasteiger partial charge in [0.25, 0.3) is 6.29 Å². The van der Waals surface area contributed by atoms with E-state index >= 15 is 0 Å². The van der Waals surface area contributed by atoms with Crippen molar-refractivity contribution in [3.8, 4) is 17.2 Å².